The molecule has 4 heteroatoms. The minimum atomic E-state index is -0.230. The van der Waals surface area contributed by atoms with Crippen molar-refractivity contribution < 1.29 is 9.59 Å². The number of hydrogen-bond acceptors (Lipinski definition) is 2. The number of ketones is 1. The molecular weight excluding hydrogens is 156 g/mol. The molecule has 0 saturated heterocycles. The van der Waals surface area contributed by atoms with Crippen LogP contribution in [0.1, 0.15) is 17.3 Å². The van der Waals surface area contributed by atoms with E-state index in [-0.39, 0.29) is 18.2 Å². The van der Waals surface area contributed by atoms with Crippen LogP contribution < -0.4 is 5.32 Å². The lowest BCUT2D eigenvalue weighted by Crippen LogP contribution is -2.27. The Morgan fingerprint density at radius 3 is 2.83 bits per heavy atom. The molecule has 0 fully saturated rings. The Morgan fingerprint density at radius 1 is 1.58 bits per heavy atom. The molecular formula is C8H10N2O2. The molecule has 1 amide bonds. The minimum absolute atomic E-state index is 0.0566. The van der Waals surface area contributed by atoms with Gasteiger partial charge in [-0.15, -0.1) is 0 Å². The van der Waals surface area contributed by atoms with Crippen LogP contribution in [-0.4, -0.2) is 23.2 Å². The average molecular weight is 166 g/mol. The second-order valence-corrected chi connectivity index (χ2v) is 2.48. The third-order valence-electron chi connectivity index (χ3n) is 1.36. The van der Waals surface area contributed by atoms with Gasteiger partial charge in [0.2, 0.25) is 0 Å². The Labute approximate surface area is 70.0 Å². The number of carbonyl (C=O) groups excluding carboxylic acids is 2. The predicted molar refractivity (Wildman–Crippen MR) is 43.8 cm³/mol. The lowest BCUT2D eigenvalue weighted by atomic mass is 10.3. The molecule has 0 saturated carbocycles. The van der Waals surface area contributed by atoms with E-state index in [1.54, 1.807) is 18.5 Å². The van der Waals surface area contributed by atoms with Crippen molar-refractivity contribution in [2.24, 2.45) is 0 Å². The molecule has 4 nitrogen and oxygen atoms in total. The lowest BCUT2D eigenvalue weighted by molar-refractivity contribution is -0.116. The first-order valence-electron chi connectivity index (χ1n) is 3.60. The van der Waals surface area contributed by atoms with Crippen LogP contribution in [0.25, 0.3) is 0 Å². The summed E-state index contributed by atoms with van der Waals surface area (Å²) in [5.74, 6) is -0.287. The van der Waals surface area contributed by atoms with Gasteiger partial charge in [-0.3, -0.25) is 9.59 Å². The monoisotopic (exact) mass is 166 g/mol. The normalized spacial score (nSPS) is 9.42. The molecule has 0 aliphatic heterocycles. The molecule has 0 aliphatic carbocycles. The number of Topliss-reactive ketones (excluding diaryl/α,β-unsaturated/α-hetero) is 1. The van der Waals surface area contributed by atoms with Crippen molar-refractivity contribution in [3.63, 3.8) is 0 Å². The Hall–Kier alpha value is -1.58. The largest absolute Gasteiger partial charge is 0.367 e. The van der Waals surface area contributed by atoms with Crippen molar-refractivity contribution in [2.45, 2.75) is 6.92 Å². The third-order valence-corrected chi connectivity index (χ3v) is 1.36. The van der Waals surface area contributed by atoms with Crippen LogP contribution in [0.4, 0.5) is 0 Å². The van der Waals surface area contributed by atoms with Crippen LogP contribution >= 0.6 is 0 Å². The van der Waals surface area contributed by atoms with E-state index in [9.17, 15) is 9.59 Å². The number of amides is 1. The summed E-state index contributed by atoms with van der Waals surface area (Å²) in [5, 5.41) is 2.48. The number of rotatable bonds is 3. The molecule has 0 radical (unpaired) electrons. The van der Waals surface area contributed by atoms with Crippen LogP contribution in [0.3, 0.4) is 0 Å². The average Bonchev–Trinajstić information content (AvgIpc) is 2.51. The van der Waals surface area contributed by atoms with Crippen molar-refractivity contribution in [1.82, 2.24) is 10.3 Å². The first-order valence-corrected chi connectivity index (χ1v) is 3.60. The van der Waals surface area contributed by atoms with Crippen molar-refractivity contribution in [2.75, 3.05) is 6.54 Å². The van der Waals surface area contributed by atoms with E-state index in [0.29, 0.717) is 5.56 Å². The van der Waals surface area contributed by atoms with Crippen LogP contribution in [0, 0.1) is 0 Å². The molecule has 1 heterocycles. The van der Waals surface area contributed by atoms with Crippen LogP contribution in [0.5, 0.6) is 0 Å². The molecule has 0 spiro atoms. The zero-order valence-electron chi connectivity index (χ0n) is 6.76. The van der Waals surface area contributed by atoms with Gasteiger partial charge in [-0.05, 0) is 13.0 Å². The molecule has 12 heavy (non-hydrogen) atoms. The van der Waals surface area contributed by atoms with Gasteiger partial charge >= 0.3 is 0 Å². The number of hydrogen-bond donors (Lipinski definition) is 2. The SMILES string of the molecule is CC(=O)CNC(=O)c1cc[nH]c1. The standard InChI is InChI=1S/C8H10N2O2/c1-6(11)4-10-8(12)7-2-3-9-5-7/h2-3,5,9H,4H2,1H3,(H,10,12). The van der Waals surface area contributed by atoms with Crippen LogP contribution in [0.15, 0.2) is 18.5 Å². The van der Waals surface area contributed by atoms with E-state index in [1.165, 1.54) is 6.92 Å². The Morgan fingerprint density at radius 2 is 2.33 bits per heavy atom. The first-order chi connectivity index (χ1) is 5.70. The summed E-state index contributed by atoms with van der Waals surface area (Å²) in [6, 6.07) is 1.65. The molecule has 64 valence electrons. The van der Waals surface area contributed by atoms with Gasteiger partial charge in [0.15, 0.2) is 0 Å². The molecule has 0 atom stereocenters. The maximum Gasteiger partial charge on any atom is 0.253 e. The van der Waals surface area contributed by atoms with Gasteiger partial charge < -0.3 is 10.3 Å². The number of H-pyrrole nitrogens is 1. The topological polar surface area (TPSA) is 62.0 Å². The van der Waals surface area contributed by atoms with E-state index < -0.39 is 0 Å². The van der Waals surface area contributed by atoms with E-state index >= 15 is 0 Å². The molecule has 1 aromatic heterocycles. The molecule has 1 aromatic rings. The maximum atomic E-state index is 11.1. The van der Waals surface area contributed by atoms with Crippen molar-refractivity contribution in [1.29, 1.82) is 0 Å². The van der Waals surface area contributed by atoms with Crippen molar-refractivity contribution in [3.05, 3.63) is 24.0 Å². The Balaban J connectivity index is 2.45. The van der Waals surface area contributed by atoms with E-state index in [4.69, 9.17) is 0 Å². The third kappa shape index (κ3) is 2.23. The van der Waals surface area contributed by atoms with E-state index in [0.717, 1.165) is 0 Å². The number of carbonyl (C=O) groups is 2. The molecule has 0 bridgehead atoms. The minimum Gasteiger partial charge on any atom is -0.367 e. The molecule has 2 N–H and O–H groups in total. The summed E-state index contributed by atoms with van der Waals surface area (Å²) in [5.41, 5.74) is 0.538. The van der Waals surface area contributed by atoms with Crippen LogP contribution in [-0.2, 0) is 4.79 Å². The Bertz CT molecular complexity index is 277. The number of aromatic nitrogens is 1. The van der Waals surface area contributed by atoms with Gasteiger partial charge in [0.1, 0.15) is 5.78 Å². The molecule has 0 aliphatic rings. The highest BCUT2D eigenvalue weighted by Gasteiger charge is 2.04. The van der Waals surface area contributed by atoms with Crippen molar-refractivity contribution in [3.8, 4) is 0 Å². The quantitative estimate of drug-likeness (QED) is 0.679. The highest BCUT2D eigenvalue weighted by molar-refractivity contribution is 5.96. The van der Waals surface area contributed by atoms with Gasteiger partial charge in [0.05, 0.1) is 12.1 Å². The summed E-state index contributed by atoms with van der Waals surface area (Å²) >= 11 is 0. The zero-order chi connectivity index (χ0) is 8.97. The van der Waals surface area contributed by atoms with Crippen molar-refractivity contribution >= 4 is 11.7 Å². The van der Waals surface area contributed by atoms with E-state index in [1.807, 2.05) is 0 Å². The maximum absolute atomic E-state index is 11.1. The summed E-state index contributed by atoms with van der Waals surface area (Å²) in [7, 11) is 0. The van der Waals surface area contributed by atoms with Gasteiger partial charge in [-0.25, -0.2) is 0 Å². The fourth-order valence-corrected chi connectivity index (χ4v) is 0.772. The van der Waals surface area contributed by atoms with Gasteiger partial charge in [-0.2, -0.15) is 0 Å². The fourth-order valence-electron chi connectivity index (χ4n) is 0.772. The zero-order valence-corrected chi connectivity index (χ0v) is 6.76. The lowest BCUT2D eigenvalue weighted by Gasteiger charge is -1.98. The van der Waals surface area contributed by atoms with Gasteiger partial charge in [0.25, 0.3) is 5.91 Å². The Kier molecular flexibility index (Phi) is 2.63. The van der Waals surface area contributed by atoms with E-state index in [2.05, 4.69) is 10.3 Å². The van der Waals surface area contributed by atoms with Gasteiger partial charge in [-0.1, -0.05) is 0 Å². The second kappa shape index (κ2) is 3.71. The summed E-state index contributed by atoms with van der Waals surface area (Å²) < 4.78 is 0. The number of aromatic amines is 1. The molecule has 1 rings (SSSR count). The predicted octanol–water partition coefficient (Wildman–Crippen LogP) is 0.334. The smallest absolute Gasteiger partial charge is 0.253 e. The van der Waals surface area contributed by atoms with Gasteiger partial charge in [0, 0.05) is 12.4 Å². The fraction of sp³-hybridized carbons (Fsp3) is 0.250. The first kappa shape index (κ1) is 8.52. The summed E-state index contributed by atoms with van der Waals surface area (Å²) in [6.45, 7) is 1.52. The highest BCUT2D eigenvalue weighted by Crippen LogP contribution is 1.94. The highest BCUT2D eigenvalue weighted by atomic mass is 16.2. The van der Waals surface area contributed by atoms with Crippen LogP contribution in [0.2, 0.25) is 0 Å². The second-order valence-electron chi connectivity index (χ2n) is 2.48. The number of nitrogens with one attached hydrogen (secondary N) is 2. The summed E-state index contributed by atoms with van der Waals surface area (Å²) in [4.78, 5) is 24.4. The summed E-state index contributed by atoms with van der Waals surface area (Å²) in [6.07, 6.45) is 3.23. The molecule has 0 aromatic carbocycles. The molecule has 0 unspecified atom stereocenters.